The maximum absolute atomic E-state index is 13.0. The fourth-order valence-electron chi connectivity index (χ4n) is 2.84. The first-order valence-corrected chi connectivity index (χ1v) is 7.64. The van der Waals surface area contributed by atoms with E-state index in [1.165, 1.54) is 0 Å². The van der Waals surface area contributed by atoms with Crippen LogP contribution in [0, 0.1) is 0 Å². The Morgan fingerprint density at radius 2 is 1.64 bits per heavy atom. The highest BCUT2D eigenvalue weighted by Gasteiger charge is 2.20. The van der Waals surface area contributed by atoms with Crippen molar-refractivity contribution in [1.29, 1.82) is 0 Å². The van der Waals surface area contributed by atoms with Crippen molar-refractivity contribution in [3.8, 4) is 16.8 Å². The lowest BCUT2D eigenvalue weighted by Crippen LogP contribution is -2.20. The molecule has 0 aliphatic carbocycles. The molecule has 0 unspecified atom stereocenters. The zero-order chi connectivity index (χ0) is 15.7. The SMILES string of the molecule is CCc1c(-c2ccccc2)c(=O)n(-c2ccccc2Cl)n1C. The normalized spacial score (nSPS) is 10.9. The van der Waals surface area contributed by atoms with Gasteiger partial charge >= 0.3 is 0 Å². The number of aromatic nitrogens is 2. The van der Waals surface area contributed by atoms with Crippen molar-refractivity contribution in [2.24, 2.45) is 7.05 Å². The van der Waals surface area contributed by atoms with Crippen molar-refractivity contribution in [2.75, 3.05) is 0 Å². The standard InChI is InChI=1S/C18H17ClN2O/c1-3-15-17(13-9-5-4-6-10-13)18(22)21(20(15)2)16-12-8-7-11-14(16)19/h4-12H,3H2,1-2H3. The molecule has 0 fully saturated rings. The summed E-state index contributed by atoms with van der Waals surface area (Å²) in [5, 5.41) is 0.562. The molecule has 0 spiro atoms. The second kappa shape index (κ2) is 5.85. The summed E-state index contributed by atoms with van der Waals surface area (Å²) < 4.78 is 3.54. The van der Waals surface area contributed by atoms with E-state index in [2.05, 4.69) is 6.92 Å². The van der Waals surface area contributed by atoms with Crippen molar-refractivity contribution in [1.82, 2.24) is 9.36 Å². The van der Waals surface area contributed by atoms with Crippen molar-refractivity contribution in [3.63, 3.8) is 0 Å². The summed E-state index contributed by atoms with van der Waals surface area (Å²) in [5.41, 5.74) is 3.33. The summed E-state index contributed by atoms with van der Waals surface area (Å²) in [7, 11) is 1.90. The van der Waals surface area contributed by atoms with Crippen LogP contribution in [0.25, 0.3) is 16.8 Å². The number of hydrogen-bond donors (Lipinski definition) is 0. The first-order valence-electron chi connectivity index (χ1n) is 7.26. The molecule has 2 aromatic carbocycles. The summed E-state index contributed by atoms with van der Waals surface area (Å²) in [6.45, 7) is 2.05. The molecule has 1 heterocycles. The Kier molecular flexibility index (Phi) is 3.90. The molecule has 3 nitrogen and oxygen atoms in total. The first kappa shape index (κ1) is 14.7. The Morgan fingerprint density at radius 3 is 2.27 bits per heavy atom. The van der Waals surface area contributed by atoms with Crippen LogP contribution in [0.1, 0.15) is 12.6 Å². The van der Waals surface area contributed by atoms with Gasteiger partial charge in [-0.2, -0.15) is 0 Å². The minimum Gasteiger partial charge on any atom is -0.284 e. The van der Waals surface area contributed by atoms with E-state index in [9.17, 15) is 4.79 Å². The minimum atomic E-state index is -0.0429. The summed E-state index contributed by atoms with van der Waals surface area (Å²) in [6, 6.07) is 17.2. The van der Waals surface area contributed by atoms with Gasteiger partial charge in [-0.15, -0.1) is 0 Å². The molecule has 0 N–H and O–H groups in total. The molecule has 112 valence electrons. The average Bonchev–Trinajstić information content (AvgIpc) is 2.79. The average molecular weight is 313 g/mol. The van der Waals surface area contributed by atoms with Crippen LogP contribution in [0.15, 0.2) is 59.4 Å². The molecule has 3 rings (SSSR count). The van der Waals surface area contributed by atoms with Crippen molar-refractivity contribution in [2.45, 2.75) is 13.3 Å². The van der Waals surface area contributed by atoms with Crippen LogP contribution >= 0.6 is 11.6 Å². The van der Waals surface area contributed by atoms with Crippen LogP contribution in [0.5, 0.6) is 0 Å². The highest BCUT2D eigenvalue weighted by Crippen LogP contribution is 2.25. The second-order valence-corrected chi connectivity index (χ2v) is 5.54. The summed E-state index contributed by atoms with van der Waals surface area (Å²) in [5.74, 6) is 0. The van der Waals surface area contributed by atoms with Crippen LogP contribution in [0.3, 0.4) is 0 Å². The topological polar surface area (TPSA) is 26.9 Å². The molecule has 0 radical (unpaired) electrons. The van der Waals surface area contributed by atoms with Crippen molar-refractivity contribution < 1.29 is 0 Å². The zero-order valence-corrected chi connectivity index (χ0v) is 13.3. The maximum atomic E-state index is 13.0. The van der Waals surface area contributed by atoms with Gasteiger partial charge in [-0.05, 0) is 24.1 Å². The lowest BCUT2D eigenvalue weighted by atomic mass is 10.1. The Bertz CT molecular complexity index is 863. The van der Waals surface area contributed by atoms with Crippen LogP contribution in [0.4, 0.5) is 0 Å². The number of rotatable bonds is 3. The van der Waals surface area contributed by atoms with E-state index in [1.54, 1.807) is 10.7 Å². The molecule has 1 aromatic heterocycles. The van der Waals surface area contributed by atoms with Gasteiger partial charge in [0, 0.05) is 12.7 Å². The lowest BCUT2D eigenvalue weighted by molar-refractivity contribution is 0.619. The van der Waals surface area contributed by atoms with Gasteiger partial charge < -0.3 is 0 Å². The van der Waals surface area contributed by atoms with Gasteiger partial charge in [-0.1, -0.05) is 61.0 Å². The predicted molar refractivity (Wildman–Crippen MR) is 90.8 cm³/mol. The highest BCUT2D eigenvalue weighted by atomic mass is 35.5. The lowest BCUT2D eigenvalue weighted by Gasteiger charge is -2.10. The fourth-order valence-corrected chi connectivity index (χ4v) is 3.06. The smallest absolute Gasteiger partial charge is 0.279 e. The van der Waals surface area contributed by atoms with E-state index in [4.69, 9.17) is 11.6 Å². The monoisotopic (exact) mass is 312 g/mol. The van der Waals surface area contributed by atoms with Crippen molar-refractivity contribution >= 4 is 11.6 Å². The van der Waals surface area contributed by atoms with E-state index in [0.717, 1.165) is 23.2 Å². The number of halogens is 1. The van der Waals surface area contributed by atoms with Crippen LogP contribution in [-0.2, 0) is 13.5 Å². The first-order chi connectivity index (χ1) is 10.6. The molecule has 0 atom stereocenters. The zero-order valence-electron chi connectivity index (χ0n) is 12.6. The number of benzene rings is 2. The number of para-hydroxylation sites is 1. The second-order valence-electron chi connectivity index (χ2n) is 5.13. The molecular weight excluding hydrogens is 296 g/mol. The Morgan fingerprint density at radius 1 is 1.00 bits per heavy atom. The minimum absolute atomic E-state index is 0.0429. The van der Waals surface area contributed by atoms with E-state index >= 15 is 0 Å². The quantitative estimate of drug-likeness (QED) is 0.716. The fraction of sp³-hybridized carbons (Fsp3) is 0.167. The van der Waals surface area contributed by atoms with Gasteiger partial charge in [0.2, 0.25) is 0 Å². The Labute approximate surface area is 134 Å². The number of nitrogens with zero attached hydrogens (tertiary/aromatic N) is 2. The van der Waals surface area contributed by atoms with Crippen LogP contribution in [0.2, 0.25) is 5.02 Å². The molecule has 0 aliphatic rings. The summed E-state index contributed by atoms with van der Waals surface area (Å²) in [6.07, 6.45) is 0.771. The third-order valence-corrected chi connectivity index (χ3v) is 4.18. The van der Waals surface area contributed by atoms with Gasteiger partial charge in [0.25, 0.3) is 5.56 Å². The largest absolute Gasteiger partial charge is 0.284 e. The van der Waals surface area contributed by atoms with E-state index in [1.807, 2.05) is 60.3 Å². The van der Waals surface area contributed by atoms with Gasteiger partial charge in [0.1, 0.15) is 0 Å². The van der Waals surface area contributed by atoms with Gasteiger partial charge in [-0.25, -0.2) is 4.68 Å². The Hall–Kier alpha value is -2.26. The Balaban J connectivity index is 2.34. The molecule has 3 aromatic rings. The van der Waals surface area contributed by atoms with E-state index in [-0.39, 0.29) is 5.56 Å². The predicted octanol–water partition coefficient (Wildman–Crippen LogP) is 4.06. The summed E-state index contributed by atoms with van der Waals surface area (Å²) in [4.78, 5) is 13.0. The molecule has 0 bridgehead atoms. The van der Waals surface area contributed by atoms with Gasteiger partial charge in [0.05, 0.1) is 16.3 Å². The van der Waals surface area contributed by atoms with E-state index < -0.39 is 0 Å². The molecule has 22 heavy (non-hydrogen) atoms. The van der Waals surface area contributed by atoms with Crippen LogP contribution < -0.4 is 5.56 Å². The van der Waals surface area contributed by atoms with Crippen LogP contribution in [-0.4, -0.2) is 9.36 Å². The van der Waals surface area contributed by atoms with E-state index in [0.29, 0.717) is 10.7 Å². The van der Waals surface area contributed by atoms with Gasteiger partial charge in [0.15, 0.2) is 0 Å². The molecule has 0 saturated carbocycles. The molecule has 0 saturated heterocycles. The third kappa shape index (κ3) is 2.28. The molecule has 4 heteroatoms. The highest BCUT2D eigenvalue weighted by molar-refractivity contribution is 6.32. The molecule has 0 amide bonds. The number of hydrogen-bond acceptors (Lipinski definition) is 1. The van der Waals surface area contributed by atoms with Gasteiger partial charge in [-0.3, -0.25) is 9.48 Å². The molecule has 0 aliphatic heterocycles. The summed E-state index contributed by atoms with van der Waals surface area (Å²) >= 11 is 6.28. The molecular formula is C18H17ClN2O. The third-order valence-electron chi connectivity index (χ3n) is 3.86. The maximum Gasteiger partial charge on any atom is 0.279 e. The van der Waals surface area contributed by atoms with Crippen molar-refractivity contribution in [3.05, 3.63) is 75.7 Å².